The van der Waals surface area contributed by atoms with E-state index in [4.69, 9.17) is 4.74 Å². The van der Waals surface area contributed by atoms with Gasteiger partial charge in [0.2, 0.25) is 0 Å². The summed E-state index contributed by atoms with van der Waals surface area (Å²) in [7, 11) is 0. The van der Waals surface area contributed by atoms with Gasteiger partial charge in [-0.25, -0.2) is 0 Å². The van der Waals surface area contributed by atoms with Gasteiger partial charge in [-0.15, -0.1) is 0 Å². The molecule has 0 atom stereocenters. The SMILES string of the molecule is Cc1cccnc1C(=O)NCCCOc1cccc(CN2CCCC2)c1. The van der Waals surface area contributed by atoms with Crippen molar-refractivity contribution in [3.63, 3.8) is 0 Å². The number of benzene rings is 1. The summed E-state index contributed by atoms with van der Waals surface area (Å²) in [5.41, 5.74) is 2.67. The fraction of sp³-hybridized carbons (Fsp3) is 0.429. The van der Waals surface area contributed by atoms with Crippen molar-refractivity contribution in [2.75, 3.05) is 26.2 Å². The predicted molar refractivity (Wildman–Crippen MR) is 102 cm³/mol. The molecule has 1 aromatic carbocycles. The quantitative estimate of drug-likeness (QED) is 0.741. The van der Waals surface area contributed by atoms with E-state index in [2.05, 4.69) is 27.3 Å². The average molecular weight is 353 g/mol. The van der Waals surface area contributed by atoms with Gasteiger partial charge in [0, 0.05) is 19.3 Å². The van der Waals surface area contributed by atoms with E-state index in [0.29, 0.717) is 18.8 Å². The Kier molecular flexibility index (Phi) is 6.61. The second-order valence-corrected chi connectivity index (χ2v) is 6.76. The van der Waals surface area contributed by atoms with Crippen LogP contribution in [-0.2, 0) is 6.54 Å². The Hall–Kier alpha value is -2.40. The van der Waals surface area contributed by atoms with Crippen LogP contribution in [0.1, 0.15) is 40.9 Å². The van der Waals surface area contributed by atoms with Crippen molar-refractivity contribution in [1.82, 2.24) is 15.2 Å². The van der Waals surface area contributed by atoms with Crippen LogP contribution >= 0.6 is 0 Å². The number of hydrogen-bond donors (Lipinski definition) is 1. The van der Waals surface area contributed by atoms with Crippen LogP contribution in [-0.4, -0.2) is 42.0 Å². The Labute approximate surface area is 155 Å². The Balaban J connectivity index is 1.38. The number of rotatable bonds is 8. The molecule has 5 nitrogen and oxygen atoms in total. The van der Waals surface area contributed by atoms with Gasteiger partial charge in [-0.3, -0.25) is 14.7 Å². The number of nitrogens with zero attached hydrogens (tertiary/aromatic N) is 2. The third kappa shape index (κ3) is 5.30. The maximum absolute atomic E-state index is 12.1. The molecule has 1 saturated heterocycles. The highest BCUT2D eigenvalue weighted by atomic mass is 16.5. The van der Waals surface area contributed by atoms with Crippen LogP contribution in [0, 0.1) is 6.92 Å². The van der Waals surface area contributed by atoms with Crippen molar-refractivity contribution in [3.8, 4) is 5.75 Å². The molecule has 1 fully saturated rings. The minimum Gasteiger partial charge on any atom is -0.494 e. The number of ether oxygens (including phenoxy) is 1. The third-order valence-electron chi connectivity index (χ3n) is 4.60. The number of amides is 1. The largest absolute Gasteiger partial charge is 0.494 e. The van der Waals surface area contributed by atoms with Crippen LogP contribution in [0.3, 0.4) is 0 Å². The first-order chi connectivity index (χ1) is 12.7. The van der Waals surface area contributed by atoms with Crippen LogP contribution in [0.25, 0.3) is 0 Å². The van der Waals surface area contributed by atoms with E-state index in [1.807, 2.05) is 31.2 Å². The van der Waals surface area contributed by atoms with Crippen LogP contribution in [0.4, 0.5) is 0 Å². The van der Waals surface area contributed by atoms with E-state index in [0.717, 1.165) is 24.3 Å². The minimum atomic E-state index is -0.129. The number of hydrogen-bond acceptors (Lipinski definition) is 4. The standard InChI is InChI=1S/C21H27N3O2/c1-17-7-5-10-22-20(17)21(25)23-11-6-14-26-19-9-4-8-18(15-19)16-24-12-2-3-13-24/h4-5,7-10,15H,2-3,6,11-14,16H2,1H3,(H,23,25). The van der Waals surface area contributed by atoms with Crippen molar-refractivity contribution in [3.05, 3.63) is 59.4 Å². The van der Waals surface area contributed by atoms with E-state index in [9.17, 15) is 4.79 Å². The molecule has 1 aromatic heterocycles. The highest BCUT2D eigenvalue weighted by Crippen LogP contribution is 2.17. The van der Waals surface area contributed by atoms with Gasteiger partial charge >= 0.3 is 0 Å². The lowest BCUT2D eigenvalue weighted by Crippen LogP contribution is -2.27. The number of nitrogens with one attached hydrogen (secondary N) is 1. The molecule has 3 rings (SSSR count). The number of aryl methyl sites for hydroxylation is 1. The zero-order valence-electron chi connectivity index (χ0n) is 15.4. The number of likely N-dealkylation sites (tertiary alicyclic amines) is 1. The number of carbonyl (C=O) groups excluding carboxylic acids is 1. The van der Waals surface area contributed by atoms with Crippen LogP contribution in [0.5, 0.6) is 5.75 Å². The van der Waals surface area contributed by atoms with Gasteiger partial charge in [0.1, 0.15) is 11.4 Å². The first-order valence-corrected chi connectivity index (χ1v) is 9.36. The molecular weight excluding hydrogens is 326 g/mol. The normalized spacial score (nSPS) is 14.3. The summed E-state index contributed by atoms with van der Waals surface area (Å²) in [6, 6.07) is 12.0. The number of aromatic nitrogens is 1. The summed E-state index contributed by atoms with van der Waals surface area (Å²) in [5, 5.41) is 2.90. The summed E-state index contributed by atoms with van der Waals surface area (Å²) >= 11 is 0. The Morgan fingerprint density at radius 1 is 1.23 bits per heavy atom. The van der Waals surface area contributed by atoms with Gasteiger partial charge in [-0.1, -0.05) is 18.2 Å². The topological polar surface area (TPSA) is 54.5 Å². The maximum Gasteiger partial charge on any atom is 0.270 e. The van der Waals surface area contributed by atoms with Crippen molar-refractivity contribution in [2.45, 2.75) is 32.7 Å². The highest BCUT2D eigenvalue weighted by Gasteiger charge is 2.12. The lowest BCUT2D eigenvalue weighted by Gasteiger charge is -2.15. The van der Waals surface area contributed by atoms with Crippen molar-refractivity contribution < 1.29 is 9.53 Å². The molecule has 0 aliphatic carbocycles. The van der Waals surface area contributed by atoms with Gasteiger partial charge in [-0.2, -0.15) is 0 Å². The average Bonchev–Trinajstić information content (AvgIpc) is 3.15. The molecule has 1 aliphatic heterocycles. The van der Waals surface area contributed by atoms with Crippen molar-refractivity contribution in [1.29, 1.82) is 0 Å². The van der Waals surface area contributed by atoms with Gasteiger partial charge in [0.05, 0.1) is 6.61 Å². The first kappa shape index (κ1) is 18.4. The molecule has 0 bridgehead atoms. The highest BCUT2D eigenvalue weighted by molar-refractivity contribution is 5.93. The molecule has 26 heavy (non-hydrogen) atoms. The fourth-order valence-corrected chi connectivity index (χ4v) is 3.20. The monoisotopic (exact) mass is 353 g/mol. The lowest BCUT2D eigenvalue weighted by molar-refractivity contribution is 0.0946. The number of pyridine rings is 1. The van der Waals surface area contributed by atoms with E-state index in [-0.39, 0.29) is 5.91 Å². The third-order valence-corrected chi connectivity index (χ3v) is 4.60. The summed E-state index contributed by atoms with van der Waals surface area (Å²) in [6.07, 6.45) is 5.01. The van der Waals surface area contributed by atoms with Gasteiger partial charge in [0.25, 0.3) is 5.91 Å². The van der Waals surface area contributed by atoms with Crippen molar-refractivity contribution >= 4 is 5.91 Å². The number of carbonyl (C=O) groups is 1. The zero-order valence-corrected chi connectivity index (χ0v) is 15.4. The zero-order chi connectivity index (χ0) is 18.2. The molecule has 5 heteroatoms. The molecule has 2 heterocycles. The Morgan fingerprint density at radius 3 is 2.88 bits per heavy atom. The van der Waals surface area contributed by atoms with Gasteiger partial charge in [-0.05, 0) is 68.6 Å². The molecule has 138 valence electrons. The maximum atomic E-state index is 12.1. The summed E-state index contributed by atoms with van der Waals surface area (Å²) in [5.74, 6) is 0.768. The summed E-state index contributed by atoms with van der Waals surface area (Å²) in [4.78, 5) is 18.7. The molecule has 0 spiro atoms. The Bertz CT molecular complexity index is 727. The minimum absolute atomic E-state index is 0.129. The van der Waals surface area contributed by atoms with Gasteiger partial charge in [0.15, 0.2) is 0 Å². The summed E-state index contributed by atoms with van der Waals surface area (Å²) in [6.45, 7) is 6.43. The molecule has 1 N–H and O–H groups in total. The molecular formula is C21H27N3O2. The molecule has 0 unspecified atom stereocenters. The van der Waals surface area contributed by atoms with E-state index >= 15 is 0 Å². The second kappa shape index (κ2) is 9.34. The molecule has 0 radical (unpaired) electrons. The lowest BCUT2D eigenvalue weighted by atomic mass is 10.2. The first-order valence-electron chi connectivity index (χ1n) is 9.36. The molecule has 1 aliphatic rings. The molecule has 2 aromatic rings. The second-order valence-electron chi connectivity index (χ2n) is 6.76. The fourth-order valence-electron chi connectivity index (χ4n) is 3.20. The summed E-state index contributed by atoms with van der Waals surface area (Å²) < 4.78 is 5.84. The van der Waals surface area contributed by atoms with E-state index < -0.39 is 0 Å². The molecule has 0 saturated carbocycles. The van der Waals surface area contributed by atoms with E-state index in [1.165, 1.54) is 31.5 Å². The van der Waals surface area contributed by atoms with Crippen LogP contribution in [0.15, 0.2) is 42.6 Å². The van der Waals surface area contributed by atoms with Gasteiger partial charge < -0.3 is 10.1 Å². The smallest absolute Gasteiger partial charge is 0.270 e. The molecule has 1 amide bonds. The van der Waals surface area contributed by atoms with E-state index in [1.54, 1.807) is 6.20 Å². The Morgan fingerprint density at radius 2 is 2.08 bits per heavy atom. The van der Waals surface area contributed by atoms with Crippen LogP contribution < -0.4 is 10.1 Å². The predicted octanol–water partition coefficient (Wildman–Crippen LogP) is 3.18. The van der Waals surface area contributed by atoms with Crippen molar-refractivity contribution in [2.24, 2.45) is 0 Å². The van der Waals surface area contributed by atoms with Crippen LogP contribution in [0.2, 0.25) is 0 Å².